The third-order valence-electron chi connectivity index (χ3n) is 4.09. The van der Waals surface area contributed by atoms with Crippen molar-refractivity contribution < 1.29 is 19.8 Å². The Hall–Kier alpha value is -3.68. The van der Waals surface area contributed by atoms with E-state index in [4.69, 9.17) is 0 Å². The molecular formula is C21H24N4O4. The molecule has 0 spiro atoms. The second kappa shape index (κ2) is 10.6. The molecule has 0 aliphatic heterocycles. The summed E-state index contributed by atoms with van der Waals surface area (Å²) >= 11 is 0. The Labute approximate surface area is 169 Å². The standard InChI is InChI=1S/C21H24N4O4/c1-14(16-8-3-5-10-18(16)26)22-24-20(28)12-7-13-21(29)25-23-15(2)17-9-4-6-11-19(17)27/h3-6,8-11,26-27H,7,12-13H2,1-2H3,(H,24,28)(H,25,29). The largest absolute Gasteiger partial charge is 0.507 e. The molecule has 152 valence electrons. The van der Waals surface area contributed by atoms with Crippen LogP contribution in [0.15, 0.2) is 58.7 Å². The van der Waals surface area contributed by atoms with E-state index >= 15 is 0 Å². The Morgan fingerprint density at radius 2 is 1.14 bits per heavy atom. The number of nitrogens with one attached hydrogen (secondary N) is 2. The van der Waals surface area contributed by atoms with Gasteiger partial charge in [-0.15, -0.1) is 0 Å². The molecular weight excluding hydrogens is 372 g/mol. The summed E-state index contributed by atoms with van der Waals surface area (Å²) in [5, 5.41) is 27.5. The Morgan fingerprint density at radius 3 is 1.52 bits per heavy atom. The van der Waals surface area contributed by atoms with Crippen molar-refractivity contribution in [1.29, 1.82) is 0 Å². The molecule has 0 heterocycles. The molecule has 0 fully saturated rings. The Bertz CT molecular complexity index is 862. The summed E-state index contributed by atoms with van der Waals surface area (Å²) in [6, 6.07) is 13.4. The SMILES string of the molecule is CC(=NNC(=O)CCCC(=O)NN=C(C)c1ccccc1O)c1ccccc1O. The number of benzene rings is 2. The molecule has 0 unspecified atom stereocenters. The van der Waals surface area contributed by atoms with Crippen molar-refractivity contribution in [3.05, 3.63) is 59.7 Å². The van der Waals surface area contributed by atoms with E-state index in [2.05, 4.69) is 21.1 Å². The minimum Gasteiger partial charge on any atom is -0.507 e. The van der Waals surface area contributed by atoms with Crippen LogP contribution in [0, 0.1) is 0 Å². The summed E-state index contributed by atoms with van der Waals surface area (Å²) in [6.07, 6.45) is 0.564. The summed E-state index contributed by atoms with van der Waals surface area (Å²) in [5.41, 5.74) is 6.84. The van der Waals surface area contributed by atoms with E-state index in [9.17, 15) is 19.8 Å². The van der Waals surface area contributed by atoms with Crippen LogP contribution in [0.1, 0.15) is 44.2 Å². The molecule has 0 aromatic heterocycles. The first-order valence-corrected chi connectivity index (χ1v) is 9.11. The topological polar surface area (TPSA) is 123 Å². The maximum absolute atomic E-state index is 11.9. The van der Waals surface area contributed by atoms with Gasteiger partial charge in [-0.3, -0.25) is 9.59 Å². The minimum absolute atomic E-state index is 0.0827. The van der Waals surface area contributed by atoms with Crippen LogP contribution in [0.25, 0.3) is 0 Å². The highest BCUT2D eigenvalue weighted by Crippen LogP contribution is 2.17. The molecule has 4 N–H and O–H groups in total. The van der Waals surface area contributed by atoms with Crippen molar-refractivity contribution in [2.45, 2.75) is 33.1 Å². The number of amides is 2. The lowest BCUT2D eigenvalue weighted by Gasteiger charge is -2.05. The highest BCUT2D eigenvalue weighted by atomic mass is 16.3. The number of hydrazone groups is 2. The molecule has 8 heteroatoms. The van der Waals surface area contributed by atoms with Crippen LogP contribution in [-0.4, -0.2) is 33.5 Å². The van der Waals surface area contributed by atoms with Gasteiger partial charge in [0.05, 0.1) is 11.4 Å². The van der Waals surface area contributed by atoms with E-state index in [1.807, 2.05) is 0 Å². The molecule has 2 rings (SSSR count). The van der Waals surface area contributed by atoms with Crippen LogP contribution < -0.4 is 10.9 Å². The second-order valence-electron chi connectivity index (χ2n) is 6.35. The fourth-order valence-electron chi connectivity index (χ4n) is 2.49. The number of nitrogens with zero attached hydrogens (tertiary/aromatic N) is 2. The van der Waals surface area contributed by atoms with Gasteiger partial charge in [-0.1, -0.05) is 24.3 Å². The lowest BCUT2D eigenvalue weighted by Crippen LogP contribution is -2.22. The van der Waals surface area contributed by atoms with E-state index in [0.29, 0.717) is 29.0 Å². The van der Waals surface area contributed by atoms with E-state index in [0.717, 1.165) is 0 Å². The molecule has 29 heavy (non-hydrogen) atoms. The van der Waals surface area contributed by atoms with Crippen molar-refractivity contribution in [2.75, 3.05) is 0 Å². The van der Waals surface area contributed by atoms with Gasteiger partial charge < -0.3 is 10.2 Å². The van der Waals surface area contributed by atoms with Gasteiger partial charge in [0.2, 0.25) is 11.8 Å². The average molecular weight is 396 g/mol. The van der Waals surface area contributed by atoms with Crippen LogP contribution in [-0.2, 0) is 9.59 Å². The number of phenols is 2. The third-order valence-corrected chi connectivity index (χ3v) is 4.09. The van der Waals surface area contributed by atoms with Gasteiger partial charge in [0, 0.05) is 24.0 Å². The number of hydrogen-bond acceptors (Lipinski definition) is 6. The van der Waals surface area contributed by atoms with E-state index in [1.165, 1.54) is 12.1 Å². The number of phenolic OH excluding ortho intramolecular Hbond substituents is 2. The predicted molar refractivity (Wildman–Crippen MR) is 111 cm³/mol. The normalized spacial score (nSPS) is 11.8. The first kappa shape index (κ1) is 21.6. The second-order valence-corrected chi connectivity index (χ2v) is 6.35. The molecule has 0 saturated heterocycles. The molecule has 0 aliphatic carbocycles. The first-order chi connectivity index (χ1) is 13.9. The number of rotatable bonds is 8. The Kier molecular flexibility index (Phi) is 7.90. The van der Waals surface area contributed by atoms with Crippen LogP contribution in [0.4, 0.5) is 0 Å². The quantitative estimate of drug-likeness (QED) is 0.404. The lowest BCUT2D eigenvalue weighted by molar-refractivity contribution is -0.122. The first-order valence-electron chi connectivity index (χ1n) is 9.11. The fourth-order valence-corrected chi connectivity index (χ4v) is 2.49. The smallest absolute Gasteiger partial charge is 0.240 e. The average Bonchev–Trinajstić information content (AvgIpc) is 2.71. The van der Waals surface area contributed by atoms with Crippen molar-refractivity contribution in [3.63, 3.8) is 0 Å². The van der Waals surface area contributed by atoms with Gasteiger partial charge in [0.15, 0.2) is 0 Å². The minimum atomic E-state index is -0.332. The molecule has 0 aliphatic rings. The van der Waals surface area contributed by atoms with Gasteiger partial charge in [0.1, 0.15) is 11.5 Å². The number of carbonyl (C=O) groups excluding carboxylic acids is 2. The zero-order valence-corrected chi connectivity index (χ0v) is 16.3. The number of carbonyl (C=O) groups is 2. The van der Waals surface area contributed by atoms with Crippen LogP contribution in [0.5, 0.6) is 11.5 Å². The molecule has 2 aromatic rings. The van der Waals surface area contributed by atoms with Crippen molar-refractivity contribution in [2.24, 2.45) is 10.2 Å². The molecule has 0 radical (unpaired) electrons. The van der Waals surface area contributed by atoms with Crippen LogP contribution in [0.3, 0.4) is 0 Å². The van der Waals surface area contributed by atoms with Crippen molar-refractivity contribution >= 4 is 23.2 Å². The summed E-state index contributed by atoms with van der Waals surface area (Å²) in [4.78, 5) is 23.7. The molecule has 0 atom stereocenters. The number of aromatic hydroxyl groups is 2. The van der Waals surface area contributed by atoms with Gasteiger partial charge in [0.25, 0.3) is 0 Å². The maximum Gasteiger partial charge on any atom is 0.240 e. The molecule has 2 aromatic carbocycles. The van der Waals surface area contributed by atoms with E-state index in [1.54, 1.807) is 50.2 Å². The number of hydrogen-bond donors (Lipinski definition) is 4. The number of para-hydroxylation sites is 2. The van der Waals surface area contributed by atoms with Crippen LogP contribution in [0.2, 0.25) is 0 Å². The zero-order valence-electron chi connectivity index (χ0n) is 16.3. The fraction of sp³-hybridized carbons (Fsp3) is 0.238. The zero-order chi connectivity index (χ0) is 21.2. The lowest BCUT2D eigenvalue weighted by atomic mass is 10.1. The predicted octanol–water partition coefficient (Wildman–Crippen LogP) is 2.65. The summed E-state index contributed by atoms with van der Waals surface area (Å²) < 4.78 is 0. The highest BCUT2D eigenvalue weighted by Gasteiger charge is 2.08. The molecule has 2 amide bonds. The van der Waals surface area contributed by atoms with E-state index < -0.39 is 0 Å². The van der Waals surface area contributed by atoms with Gasteiger partial charge in [-0.05, 0) is 44.5 Å². The maximum atomic E-state index is 11.9. The van der Waals surface area contributed by atoms with Crippen LogP contribution >= 0.6 is 0 Å². The monoisotopic (exact) mass is 396 g/mol. The summed E-state index contributed by atoms with van der Waals surface area (Å²) in [5.74, 6) is -0.499. The van der Waals surface area contributed by atoms with Crippen molar-refractivity contribution in [3.8, 4) is 11.5 Å². The van der Waals surface area contributed by atoms with Gasteiger partial charge >= 0.3 is 0 Å². The highest BCUT2D eigenvalue weighted by molar-refractivity contribution is 6.02. The molecule has 8 nitrogen and oxygen atoms in total. The molecule has 0 bridgehead atoms. The Morgan fingerprint density at radius 1 is 0.759 bits per heavy atom. The Balaban J connectivity index is 1.75. The van der Waals surface area contributed by atoms with Gasteiger partial charge in [-0.2, -0.15) is 10.2 Å². The van der Waals surface area contributed by atoms with Crippen molar-refractivity contribution in [1.82, 2.24) is 10.9 Å². The summed E-state index contributed by atoms with van der Waals surface area (Å²) in [6.45, 7) is 3.35. The third kappa shape index (κ3) is 6.76. The summed E-state index contributed by atoms with van der Waals surface area (Å²) in [7, 11) is 0. The molecule has 0 saturated carbocycles. The van der Waals surface area contributed by atoms with E-state index in [-0.39, 0.29) is 36.2 Å². The van der Waals surface area contributed by atoms with Gasteiger partial charge in [-0.25, -0.2) is 10.9 Å².